The van der Waals surface area contributed by atoms with Gasteiger partial charge >= 0.3 is 0 Å². The van der Waals surface area contributed by atoms with Crippen molar-refractivity contribution in [2.24, 2.45) is 0 Å². The molecule has 6 heteroatoms. The van der Waals surface area contributed by atoms with Crippen LogP contribution in [0.5, 0.6) is 0 Å². The van der Waals surface area contributed by atoms with Crippen molar-refractivity contribution in [1.82, 2.24) is 15.0 Å². The molecule has 3 heterocycles. The number of furan rings is 1. The Morgan fingerprint density at radius 3 is 2.82 bits per heavy atom. The maximum Gasteiger partial charge on any atom is 0.261 e. The fourth-order valence-corrected chi connectivity index (χ4v) is 2.75. The van der Waals surface area contributed by atoms with E-state index in [0.717, 1.165) is 55.6 Å². The average Bonchev–Trinajstić information content (AvgIpc) is 3.24. The minimum absolute atomic E-state index is 0.250. The molecule has 22 heavy (non-hydrogen) atoms. The van der Waals surface area contributed by atoms with E-state index in [1.54, 1.807) is 0 Å². The SMILES string of the molecule is CCN(CC)Cc1cc(-c2nc([C@@H]3CCOC3)no2)c(C)o1. The van der Waals surface area contributed by atoms with Crippen LogP contribution in [-0.2, 0) is 11.3 Å². The highest BCUT2D eigenvalue weighted by molar-refractivity contribution is 5.56. The Morgan fingerprint density at radius 2 is 2.14 bits per heavy atom. The molecule has 2 aromatic rings. The summed E-state index contributed by atoms with van der Waals surface area (Å²) < 4.78 is 16.6. The molecule has 0 amide bonds. The van der Waals surface area contributed by atoms with Gasteiger partial charge in [-0.1, -0.05) is 19.0 Å². The fraction of sp³-hybridized carbons (Fsp3) is 0.625. The first-order chi connectivity index (χ1) is 10.7. The highest BCUT2D eigenvalue weighted by atomic mass is 16.5. The van der Waals surface area contributed by atoms with E-state index < -0.39 is 0 Å². The lowest BCUT2D eigenvalue weighted by atomic mass is 10.1. The van der Waals surface area contributed by atoms with Gasteiger partial charge < -0.3 is 13.7 Å². The molecule has 120 valence electrons. The largest absolute Gasteiger partial charge is 0.464 e. The summed E-state index contributed by atoms with van der Waals surface area (Å²) in [6.07, 6.45) is 0.955. The molecule has 3 rings (SSSR count). The smallest absolute Gasteiger partial charge is 0.261 e. The molecule has 1 aliphatic heterocycles. The lowest BCUT2D eigenvalue weighted by Crippen LogP contribution is -2.21. The summed E-state index contributed by atoms with van der Waals surface area (Å²) in [5, 5.41) is 4.10. The quantitative estimate of drug-likeness (QED) is 0.817. The number of nitrogens with zero attached hydrogens (tertiary/aromatic N) is 3. The Kier molecular flexibility index (Phi) is 4.59. The van der Waals surface area contributed by atoms with E-state index in [4.69, 9.17) is 13.7 Å². The number of rotatable bonds is 6. The monoisotopic (exact) mass is 305 g/mol. The van der Waals surface area contributed by atoms with Crippen LogP contribution in [0.1, 0.15) is 43.5 Å². The molecule has 1 atom stereocenters. The summed E-state index contributed by atoms with van der Waals surface area (Å²) in [7, 11) is 0. The lowest BCUT2D eigenvalue weighted by molar-refractivity contribution is 0.192. The number of aryl methyl sites for hydroxylation is 1. The zero-order valence-electron chi connectivity index (χ0n) is 13.5. The summed E-state index contributed by atoms with van der Waals surface area (Å²) in [5.74, 6) is 3.27. The zero-order valence-corrected chi connectivity index (χ0v) is 13.5. The number of aromatic nitrogens is 2. The van der Waals surface area contributed by atoms with Crippen LogP contribution >= 0.6 is 0 Å². The highest BCUT2D eigenvalue weighted by Crippen LogP contribution is 2.29. The molecular weight excluding hydrogens is 282 g/mol. The molecule has 0 aromatic carbocycles. The predicted octanol–water partition coefficient (Wildman–Crippen LogP) is 2.98. The van der Waals surface area contributed by atoms with E-state index in [-0.39, 0.29) is 5.92 Å². The Morgan fingerprint density at radius 1 is 1.32 bits per heavy atom. The van der Waals surface area contributed by atoms with Gasteiger partial charge in [0.05, 0.1) is 18.7 Å². The average molecular weight is 305 g/mol. The highest BCUT2D eigenvalue weighted by Gasteiger charge is 2.24. The van der Waals surface area contributed by atoms with E-state index >= 15 is 0 Å². The van der Waals surface area contributed by atoms with Gasteiger partial charge in [0, 0.05) is 12.5 Å². The molecule has 1 saturated heterocycles. The topological polar surface area (TPSA) is 64.5 Å². The van der Waals surface area contributed by atoms with Crippen LogP contribution < -0.4 is 0 Å². The van der Waals surface area contributed by atoms with E-state index in [1.165, 1.54) is 0 Å². The van der Waals surface area contributed by atoms with Crippen molar-refractivity contribution in [1.29, 1.82) is 0 Å². The summed E-state index contributed by atoms with van der Waals surface area (Å²) in [4.78, 5) is 6.83. The van der Waals surface area contributed by atoms with Gasteiger partial charge in [0.2, 0.25) is 0 Å². The van der Waals surface area contributed by atoms with Crippen LogP contribution in [-0.4, -0.2) is 41.3 Å². The molecule has 0 saturated carbocycles. The Hall–Kier alpha value is -1.66. The molecule has 6 nitrogen and oxygen atoms in total. The normalized spacial score (nSPS) is 18.5. The lowest BCUT2D eigenvalue weighted by Gasteiger charge is -2.15. The molecule has 0 spiro atoms. The Balaban J connectivity index is 1.78. The molecule has 0 radical (unpaired) electrons. The third-order valence-electron chi connectivity index (χ3n) is 4.21. The summed E-state index contributed by atoms with van der Waals surface area (Å²) >= 11 is 0. The van der Waals surface area contributed by atoms with Crippen molar-refractivity contribution in [3.8, 4) is 11.5 Å². The van der Waals surface area contributed by atoms with Gasteiger partial charge in [-0.3, -0.25) is 4.90 Å². The first-order valence-corrected chi connectivity index (χ1v) is 7.94. The van der Waals surface area contributed by atoms with E-state index in [2.05, 4.69) is 28.9 Å². The maximum atomic E-state index is 5.84. The van der Waals surface area contributed by atoms with Gasteiger partial charge in [0.15, 0.2) is 5.82 Å². The minimum Gasteiger partial charge on any atom is -0.464 e. The second-order valence-electron chi connectivity index (χ2n) is 5.66. The molecular formula is C16H23N3O3. The van der Waals surface area contributed by atoms with E-state index in [9.17, 15) is 0 Å². The molecule has 0 N–H and O–H groups in total. The van der Waals surface area contributed by atoms with Gasteiger partial charge in [-0.15, -0.1) is 0 Å². The number of hydrogen-bond donors (Lipinski definition) is 0. The third-order valence-corrected chi connectivity index (χ3v) is 4.21. The Bertz CT molecular complexity index is 610. The maximum absolute atomic E-state index is 5.84. The third kappa shape index (κ3) is 3.08. The fourth-order valence-electron chi connectivity index (χ4n) is 2.75. The van der Waals surface area contributed by atoms with Crippen LogP contribution in [0.15, 0.2) is 15.0 Å². The van der Waals surface area contributed by atoms with Crippen LogP contribution in [0.2, 0.25) is 0 Å². The van der Waals surface area contributed by atoms with Crippen molar-refractivity contribution >= 4 is 0 Å². The number of hydrogen-bond acceptors (Lipinski definition) is 6. The first kappa shape index (κ1) is 15.2. The van der Waals surface area contributed by atoms with Crippen molar-refractivity contribution in [2.75, 3.05) is 26.3 Å². The molecule has 1 aliphatic rings. The summed E-state index contributed by atoms with van der Waals surface area (Å²) in [6, 6.07) is 2.01. The zero-order chi connectivity index (χ0) is 15.5. The second-order valence-corrected chi connectivity index (χ2v) is 5.66. The van der Waals surface area contributed by atoms with E-state index in [0.29, 0.717) is 12.5 Å². The van der Waals surface area contributed by atoms with Gasteiger partial charge in [0.1, 0.15) is 11.5 Å². The minimum atomic E-state index is 0.250. The van der Waals surface area contributed by atoms with Crippen molar-refractivity contribution < 1.29 is 13.7 Å². The van der Waals surface area contributed by atoms with Crippen LogP contribution in [0, 0.1) is 6.92 Å². The standard InChI is InChI=1S/C16H23N3O3/c1-4-19(5-2)9-13-8-14(11(3)21-13)16-17-15(18-22-16)12-6-7-20-10-12/h8,12H,4-7,9-10H2,1-3H3/t12-/m1/s1. The molecule has 1 fully saturated rings. The van der Waals surface area contributed by atoms with E-state index in [1.807, 2.05) is 13.0 Å². The van der Waals surface area contributed by atoms with Crippen LogP contribution in [0.25, 0.3) is 11.5 Å². The van der Waals surface area contributed by atoms with Gasteiger partial charge in [-0.25, -0.2) is 0 Å². The predicted molar refractivity (Wildman–Crippen MR) is 81.5 cm³/mol. The van der Waals surface area contributed by atoms with Gasteiger partial charge in [0.25, 0.3) is 5.89 Å². The summed E-state index contributed by atoms with van der Waals surface area (Å²) in [6.45, 7) is 10.5. The van der Waals surface area contributed by atoms with Crippen molar-refractivity contribution in [3.63, 3.8) is 0 Å². The second kappa shape index (κ2) is 6.62. The molecule has 0 unspecified atom stereocenters. The van der Waals surface area contributed by atoms with Gasteiger partial charge in [-0.05, 0) is 32.5 Å². The van der Waals surface area contributed by atoms with Crippen molar-refractivity contribution in [3.05, 3.63) is 23.4 Å². The van der Waals surface area contributed by atoms with Crippen LogP contribution in [0.3, 0.4) is 0 Å². The first-order valence-electron chi connectivity index (χ1n) is 7.94. The number of ether oxygens (including phenoxy) is 1. The van der Waals surface area contributed by atoms with Crippen molar-refractivity contribution in [2.45, 2.75) is 39.7 Å². The van der Waals surface area contributed by atoms with Gasteiger partial charge in [-0.2, -0.15) is 4.98 Å². The molecule has 0 bridgehead atoms. The Labute approximate surface area is 130 Å². The molecule has 2 aromatic heterocycles. The summed E-state index contributed by atoms with van der Waals surface area (Å²) in [5.41, 5.74) is 0.889. The molecule has 0 aliphatic carbocycles. The van der Waals surface area contributed by atoms with Crippen LogP contribution in [0.4, 0.5) is 0 Å².